The molecule has 0 aromatic carbocycles. The Morgan fingerprint density at radius 2 is 1.89 bits per heavy atom. The lowest BCUT2D eigenvalue weighted by Crippen LogP contribution is -2.37. The van der Waals surface area contributed by atoms with Crippen LogP contribution >= 0.6 is 0 Å². The van der Waals surface area contributed by atoms with Gasteiger partial charge in [0.2, 0.25) is 0 Å². The van der Waals surface area contributed by atoms with Gasteiger partial charge in [0.1, 0.15) is 5.78 Å². The molecule has 4 nitrogen and oxygen atoms in total. The number of esters is 1. The summed E-state index contributed by atoms with van der Waals surface area (Å²) in [5, 5.41) is 10.2. The van der Waals surface area contributed by atoms with E-state index in [-0.39, 0.29) is 12.5 Å². The molecule has 4 heteroatoms. The van der Waals surface area contributed by atoms with Crippen LogP contribution in [-0.4, -0.2) is 29.6 Å². The summed E-state index contributed by atoms with van der Waals surface area (Å²) in [5.41, 5.74) is -0.511. The molecule has 0 spiro atoms. The Balaban J connectivity index is 2.36. The molecule has 0 amide bonds. The maximum atomic E-state index is 12.3. The number of carbonyl (C=O) groups excluding carboxylic acids is 2. The lowest BCUT2D eigenvalue weighted by molar-refractivity contribution is -0.159. The van der Waals surface area contributed by atoms with Gasteiger partial charge in [0, 0.05) is 30.6 Å². The summed E-state index contributed by atoms with van der Waals surface area (Å²) in [5.74, 6) is 7.02. The molecule has 160 valence electrons. The van der Waals surface area contributed by atoms with Gasteiger partial charge in [-0.05, 0) is 51.4 Å². The number of carbonyl (C=O) groups is 2. The molecule has 0 aliphatic heterocycles. The van der Waals surface area contributed by atoms with Crippen molar-refractivity contribution in [2.24, 2.45) is 17.3 Å². The molecule has 1 N–H and O–H groups in total. The zero-order valence-electron chi connectivity index (χ0n) is 18.4. The van der Waals surface area contributed by atoms with Gasteiger partial charge in [-0.15, -0.1) is 11.8 Å². The van der Waals surface area contributed by atoms with E-state index in [1.54, 1.807) is 6.92 Å². The lowest BCUT2D eigenvalue weighted by atomic mass is 9.80. The number of aliphatic hydroxyl groups is 1. The van der Waals surface area contributed by atoms with Crippen LogP contribution in [0.3, 0.4) is 0 Å². The van der Waals surface area contributed by atoms with E-state index in [0.717, 1.165) is 70.6 Å². The van der Waals surface area contributed by atoms with Gasteiger partial charge < -0.3 is 9.84 Å². The fourth-order valence-corrected chi connectivity index (χ4v) is 4.10. The molecule has 1 unspecified atom stereocenters. The van der Waals surface area contributed by atoms with Crippen LogP contribution in [0.4, 0.5) is 0 Å². The second-order valence-electron chi connectivity index (χ2n) is 8.76. The molecule has 0 radical (unpaired) electrons. The van der Waals surface area contributed by atoms with E-state index < -0.39 is 17.5 Å². The standard InChI is InChI=1S/C24H40O4/c1-5-7-8-9-10-11-14-19-16-17-21(25)20(19)15-12-13-18-24(3,4)22(26)23(27)28-6-2/h19-20,22,26H,5-7,10-18H2,1-4H3/t19-,20+,22?/m0/s1. The number of hydrogen-bond donors (Lipinski definition) is 1. The minimum absolute atomic E-state index is 0.196. The molecule has 1 aliphatic carbocycles. The van der Waals surface area contributed by atoms with E-state index >= 15 is 0 Å². The summed E-state index contributed by atoms with van der Waals surface area (Å²) in [6, 6.07) is 0. The van der Waals surface area contributed by atoms with Gasteiger partial charge in [0.15, 0.2) is 6.10 Å². The number of unbranched alkanes of at least 4 members (excludes halogenated alkanes) is 3. The Bertz CT molecular complexity index is 541. The van der Waals surface area contributed by atoms with Crippen LogP contribution < -0.4 is 0 Å². The summed E-state index contributed by atoms with van der Waals surface area (Å²) in [7, 11) is 0. The van der Waals surface area contributed by atoms with Crippen LogP contribution in [0.15, 0.2) is 0 Å². The van der Waals surface area contributed by atoms with Crippen molar-refractivity contribution in [1.82, 2.24) is 0 Å². The van der Waals surface area contributed by atoms with Crippen molar-refractivity contribution >= 4 is 11.8 Å². The maximum Gasteiger partial charge on any atom is 0.335 e. The van der Waals surface area contributed by atoms with Crippen LogP contribution in [0, 0.1) is 29.1 Å². The molecule has 1 fully saturated rings. The monoisotopic (exact) mass is 392 g/mol. The Morgan fingerprint density at radius 1 is 1.18 bits per heavy atom. The third-order valence-electron chi connectivity index (χ3n) is 5.96. The predicted molar refractivity (Wildman–Crippen MR) is 113 cm³/mol. The topological polar surface area (TPSA) is 63.6 Å². The minimum Gasteiger partial charge on any atom is -0.464 e. The average Bonchev–Trinajstić information content (AvgIpc) is 3.01. The maximum absolute atomic E-state index is 12.3. The van der Waals surface area contributed by atoms with Crippen LogP contribution in [0.2, 0.25) is 0 Å². The third kappa shape index (κ3) is 8.35. The molecule has 0 heterocycles. The van der Waals surface area contributed by atoms with Crippen LogP contribution in [0.25, 0.3) is 0 Å². The summed E-state index contributed by atoms with van der Waals surface area (Å²) < 4.78 is 4.93. The highest BCUT2D eigenvalue weighted by molar-refractivity contribution is 5.83. The van der Waals surface area contributed by atoms with Crippen LogP contribution in [-0.2, 0) is 14.3 Å². The van der Waals surface area contributed by atoms with Crippen molar-refractivity contribution in [3.63, 3.8) is 0 Å². The predicted octanol–water partition coefficient (Wildman–Crippen LogP) is 5.07. The zero-order valence-corrected chi connectivity index (χ0v) is 18.4. The zero-order chi connectivity index (χ0) is 21.0. The summed E-state index contributed by atoms with van der Waals surface area (Å²) in [6.45, 7) is 7.96. The Morgan fingerprint density at radius 3 is 2.57 bits per heavy atom. The van der Waals surface area contributed by atoms with E-state index in [0.29, 0.717) is 11.7 Å². The second-order valence-corrected chi connectivity index (χ2v) is 8.76. The number of ketones is 1. The van der Waals surface area contributed by atoms with E-state index in [9.17, 15) is 14.7 Å². The molecule has 28 heavy (non-hydrogen) atoms. The van der Waals surface area contributed by atoms with Crippen LogP contribution in [0.1, 0.15) is 98.3 Å². The Kier molecular flexibility index (Phi) is 11.5. The van der Waals surface area contributed by atoms with E-state index in [1.165, 1.54) is 0 Å². The quantitative estimate of drug-likeness (QED) is 0.286. The van der Waals surface area contributed by atoms with Crippen molar-refractivity contribution in [2.75, 3.05) is 6.61 Å². The first-order valence-electron chi connectivity index (χ1n) is 11.2. The fourth-order valence-electron chi connectivity index (χ4n) is 4.10. The largest absolute Gasteiger partial charge is 0.464 e. The third-order valence-corrected chi connectivity index (χ3v) is 5.96. The first kappa shape index (κ1) is 24.7. The minimum atomic E-state index is -1.10. The van der Waals surface area contributed by atoms with Crippen molar-refractivity contribution in [1.29, 1.82) is 0 Å². The highest BCUT2D eigenvalue weighted by Gasteiger charge is 2.35. The fraction of sp³-hybridized carbons (Fsp3) is 0.833. The summed E-state index contributed by atoms with van der Waals surface area (Å²) >= 11 is 0. The van der Waals surface area contributed by atoms with Gasteiger partial charge >= 0.3 is 5.97 Å². The van der Waals surface area contributed by atoms with Crippen molar-refractivity contribution in [3.05, 3.63) is 0 Å². The smallest absolute Gasteiger partial charge is 0.335 e. The molecular formula is C24H40O4. The van der Waals surface area contributed by atoms with E-state index in [4.69, 9.17) is 4.74 Å². The van der Waals surface area contributed by atoms with Gasteiger partial charge in [-0.25, -0.2) is 4.79 Å². The molecule has 0 aromatic heterocycles. The molecule has 1 saturated carbocycles. The number of hydrogen-bond acceptors (Lipinski definition) is 4. The second kappa shape index (κ2) is 13.0. The van der Waals surface area contributed by atoms with Crippen molar-refractivity contribution in [2.45, 2.75) is 104 Å². The number of aliphatic hydroxyl groups excluding tert-OH is 1. The van der Waals surface area contributed by atoms with Gasteiger partial charge in [-0.1, -0.05) is 33.6 Å². The van der Waals surface area contributed by atoms with Crippen molar-refractivity contribution in [3.8, 4) is 11.8 Å². The summed E-state index contributed by atoms with van der Waals surface area (Å²) in [4.78, 5) is 24.1. The van der Waals surface area contributed by atoms with Crippen molar-refractivity contribution < 1.29 is 19.4 Å². The Labute approximate surface area is 171 Å². The SMILES string of the molecule is CCCC#CCCC[C@H]1CCC(=O)[C@@H]1CCCCC(C)(C)C(O)C(=O)OCC. The van der Waals surface area contributed by atoms with Gasteiger partial charge in [0.25, 0.3) is 0 Å². The van der Waals surface area contributed by atoms with Gasteiger partial charge in [-0.3, -0.25) is 4.79 Å². The highest BCUT2D eigenvalue weighted by Crippen LogP contribution is 2.37. The lowest BCUT2D eigenvalue weighted by Gasteiger charge is -2.29. The average molecular weight is 393 g/mol. The first-order chi connectivity index (χ1) is 13.3. The van der Waals surface area contributed by atoms with Crippen LogP contribution in [0.5, 0.6) is 0 Å². The number of rotatable bonds is 12. The number of ether oxygens (including phenoxy) is 1. The molecule has 1 aliphatic rings. The normalized spacial score (nSPS) is 20.5. The molecule has 0 saturated heterocycles. The van der Waals surface area contributed by atoms with Gasteiger partial charge in [-0.2, -0.15) is 0 Å². The first-order valence-corrected chi connectivity index (χ1v) is 11.2. The Hall–Kier alpha value is -1.34. The molecule has 0 aromatic rings. The van der Waals surface area contributed by atoms with E-state index in [1.807, 2.05) is 13.8 Å². The molecule has 3 atom stereocenters. The summed E-state index contributed by atoms with van der Waals surface area (Å²) in [6.07, 6.45) is 9.41. The van der Waals surface area contributed by atoms with Gasteiger partial charge in [0.05, 0.1) is 6.61 Å². The number of Topliss-reactive ketones (excluding diaryl/α,β-unsaturated/α-hetero) is 1. The highest BCUT2D eigenvalue weighted by atomic mass is 16.5. The molecular weight excluding hydrogens is 352 g/mol. The molecule has 1 rings (SSSR count). The molecule has 0 bridgehead atoms. The van der Waals surface area contributed by atoms with E-state index in [2.05, 4.69) is 18.8 Å².